The molecule has 1 aliphatic carbocycles. The lowest BCUT2D eigenvalue weighted by molar-refractivity contribution is -0.117. The fourth-order valence-electron chi connectivity index (χ4n) is 1.67. The average Bonchev–Trinajstić information content (AvgIpc) is 2.96. The number of para-hydroxylation sites is 1. The van der Waals surface area contributed by atoms with Crippen molar-refractivity contribution in [3.63, 3.8) is 0 Å². The monoisotopic (exact) mass is 223 g/mol. The van der Waals surface area contributed by atoms with Crippen molar-refractivity contribution in [2.75, 3.05) is 5.32 Å². The van der Waals surface area contributed by atoms with Gasteiger partial charge in [0, 0.05) is 17.5 Å². The SMILES string of the molecule is CC1CC1C(=O)Nc1ccccc1CCl. The van der Waals surface area contributed by atoms with Crippen LogP contribution in [0, 0.1) is 11.8 Å². The zero-order chi connectivity index (χ0) is 10.8. The molecule has 1 amide bonds. The van der Waals surface area contributed by atoms with Crippen LogP contribution in [0.5, 0.6) is 0 Å². The molecule has 1 aliphatic rings. The second-order valence-corrected chi connectivity index (χ2v) is 4.37. The normalized spacial score (nSPS) is 23.6. The Hall–Kier alpha value is -1.02. The Morgan fingerprint density at radius 3 is 2.80 bits per heavy atom. The molecule has 1 saturated carbocycles. The van der Waals surface area contributed by atoms with E-state index in [1.807, 2.05) is 24.3 Å². The van der Waals surface area contributed by atoms with Crippen LogP contribution in [0.2, 0.25) is 0 Å². The molecule has 2 unspecified atom stereocenters. The number of hydrogen-bond acceptors (Lipinski definition) is 1. The Balaban J connectivity index is 2.06. The topological polar surface area (TPSA) is 29.1 Å². The number of anilines is 1. The van der Waals surface area contributed by atoms with E-state index < -0.39 is 0 Å². The maximum absolute atomic E-state index is 11.7. The molecule has 0 heterocycles. The van der Waals surface area contributed by atoms with Gasteiger partial charge in [0.15, 0.2) is 0 Å². The van der Waals surface area contributed by atoms with E-state index in [0.717, 1.165) is 17.7 Å². The van der Waals surface area contributed by atoms with Gasteiger partial charge in [-0.05, 0) is 24.0 Å². The number of carbonyl (C=O) groups is 1. The van der Waals surface area contributed by atoms with Crippen LogP contribution >= 0.6 is 11.6 Å². The number of nitrogens with one attached hydrogen (secondary N) is 1. The number of rotatable bonds is 3. The molecule has 0 saturated heterocycles. The quantitative estimate of drug-likeness (QED) is 0.785. The highest BCUT2D eigenvalue weighted by Gasteiger charge is 2.39. The predicted molar refractivity (Wildman–Crippen MR) is 61.9 cm³/mol. The Labute approximate surface area is 94.6 Å². The summed E-state index contributed by atoms with van der Waals surface area (Å²) >= 11 is 5.79. The highest BCUT2D eigenvalue weighted by atomic mass is 35.5. The fraction of sp³-hybridized carbons (Fsp3) is 0.417. The number of alkyl halides is 1. The number of hydrogen-bond donors (Lipinski definition) is 1. The molecule has 0 radical (unpaired) electrons. The molecule has 1 N–H and O–H groups in total. The third-order valence-corrected chi connectivity index (χ3v) is 3.15. The van der Waals surface area contributed by atoms with Crippen molar-refractivity contribution >= 4 is 23.2 Å². The summed E-state index contributed by atoms with van der Waals surface area (Å²) in [5, 5.41) is 2.93. The summed E-state index contributed by atoms with van der Waals surface area (Å²) in [5.74, 6) is 1.29. The minimum Gasteiger partial charge on any atom is -0.326 e. The summed E-state index contributed by atoms with van der Waals surface area (Å²) in [6.07, 6.45) is 1.01. The van der Waals surface area contributed by atoms with E-state index in [2.05, 4.69) is 12.2 Å². The summed E-state index contributed by atoms with van der Waals surface area (Å²) in [4.78, 5) is 11.7. The van der Waals surface area contributed by atoms with Gasteiger partial charge in [0.25, 0.3) is 0 Å². The molecule has 2 atom stereocenters. The van der Waals surface area contributed by atoms with Gasteiger partial charge in [-0.15, -0.1) is 11.6 Å². The first-order chi connectivity index (χ1) is 7.22. The van der Waals surface area contributed by atoms with Crippen molar-refractivity contribution in [2.24, 2.45) is 11.8 Å². The first-order valence-electron chi connectivity index (χ1n) is 5.17. The molecule has 0 aliphatic heterocycles. The van der Waals surface area contributed by atoms with E-state index in [1.165, 1.54) is 0 Å². The van der Waals surface area contributed by atoms with Gasteiger partial charge in [-0.2, -0.15) is 0 Å². The van der Waals surface area contributed by atoms with E-state index in [4.69, 9.17) is 11.6 Å². The second-order valence-electron chi connectivity index (χ2n) is 4.10. The summed E-state index contributed by atoms with van der Waals surface area (Å²) in [7, 11) is 0. The van der Waals surface area contributed by atoms with E-state index in [0.29, 0.717) is 11.8 Å². The summed E-state index contributed by atoms with van der Waals surface area (Å²) in [6, 6.07) is 7.65. The fourth-order valence-corrected chi connectivity index (χ4v) is 1.90. The van der Waals surface area contributed by atoms with E-state index >= 15 is 0 Å². The summed E-state index contributed by atoms with van der Waals surface area (Å²) in [5.41, 5.74) is 1.82. The van der Waals surface area contributed by atoms with Gasteiger partial charge in [0.2, 0.25) is 5.91 Å². The third-order valence-electron chi connectivity index (χ3n) is 2.87. The molecule has 0 aromatic heterocycles. The van der Waals surface area contributed by atoms with Gasteiger partial charge >= 0.3 is 0 Å². The van der Waals surface area contributed by atoms with Crippen molar-refractivity contribution in [1.29, 1.82) is 0 Å². The molecule has 0 spiro atoms. The number of carbonyl (C=O) groups excluding carboxylic acids is 1. The highest BCUT2D eigenvalue weighted by molar-refractivity contribution is 6.17. The molecule has 1 aromatic carbocycles. The van der Waals surface area contributed by atoms with E-state index in [9.17, 15) is 4.79 Å². The predicted octanol–water partition coefficient (Wildman–Crippen LogP) is 3.02. The van der Waals surface area contributed by atoms with Crippen molar-refractivity contribution in [2.45, 2.75) is 19.2 Å². The minimum atomic E-state index is 0.125. The molecule has 1 fully saturated rings. The second kappa shape index (κ2) is 4.23. The lowest BCUT2D eigenvalue weighted by Crippen LogP contribution is -2.15. The highest BCUT2D eigenvalue weighted by Crippen LogP contribution is 2.38. The van der Waals surface area contributed by atoms with Gasteiger partial charge in [-0.1, -0.05) is 25.1 Å². The van der Waals surface area contributed by atoms with E-state index in [-0.39, 0.29) is 11.8 Å². The molecule has 2 rings (SSSR count). The lowest BCUT2D eigenvalue weighted by atomic mass is 10.2. The number of amides is 1. The van der Waals surface area contributed by atoms with Gasteiger partial charge < -0.3 is 5.32 Å². The lowest BCUT2D eigenvalue weighted by Gasteiger charge is -2.08. The Bertz CT molecular complexity index is 378. The molecule has 2 nitrogen and oxygen atoms in total. The molecule has 0 bridgehead atoms. The first-order valence-corrected chi connectivity index (χ1v) is 5.70. The first kappa shape index (κ1) is 10.5. The molecule has 3 heteroatoms. The third kappa shape index (κ3) is 2.32. The van der Waals surface area contributed by atoms with Crippen molar-refractivity contribution in [3.05, 3.63) is 29.8 Å². The van der Waals surface area contributed by atoms with Crippen LogP contribution < -0.4 is 5.32 Å². The number of halogens is 1. The van der Waals surface area contributed by atoms with Crippen molar-refractivity contribution < 1.29 is 4.79 Å². The van der Waals surface area contributed by atoms with Gasteiger partial charge in [-0.3, -0.25) is 4.79 Å². The molecule has 1 aromatic rings. The standard InChI is InChI=1S/C12H14ClNO/c1-8-6-10(8)12(15)14-11-5-3-2-4-9(11)7-13/h2-5,8,10H,6-7H2,1H3,(H,14,15). The van der Waals surface area contributed by atoms with Crippen LogP contribution in [0.25, 0.3) is 0 Å². The average molecular weight is 224 g/mol. The minimum absolute atomic E-state index is 0.125. The van der Waals surface area contributed by atoms with Crippen LogP contribution in [0.3, 0.4) is 0 Å². The van der Waals surface area contributed by atoms with Crippen molar-refractivity contribution in [3.8, 4) is 0 Å². The maximum Gasteiger partial charge on any atom is 0.227 e. The summed E-state index contributed by atoms with van der Waals surface area (Å²) < 4.78 is 0. The van der Waals surface area contributed by atoms with Crippen LogP contribution in [0.1, 0.15) is 18.9 Å². The van der Waals surface area contributed by atoms with Crippen LogP contribution in [-0.4, -0.2) is 5.91 Å². The zero-order valence-corrected chi connectivity index (χ0v) is 9.42. The Morgan fingerprint density at radius 2 is 2.20 bits per heavy atom. The van der Waals surface area contributed by atoms with Gasteiger partial charge in [0.05, 0.1) is 0 Å². The largest absolute Gasteiger partial charge is 0.326 e. The zero-order valence-electron chi connectivity index (χ0n) is 8.66. The van der Waals surface area contributed by atoms with Gasteiger partial charge in [0.1, 0.15) is 0 Å². The van der Waals surface area contributed by atoms with E-state index in [1.54, 1.807) is 0 Å². The summed E-state index contributed by atoms with van der Waals surface area (Å²) in [6.45, 7) is 2.09. The Kier molecular flexibility index (Phi) is 2.96. The Morgan fingerprint density at radius 1 is 1.53 bits per heavy atom. The smallest absolute Gasteiger partial charge is 0.227 e. The number of benzene rings is 1. The molecular weight excluding hydrogens is 210 g/mol. The van der Waals surface area contributed by atoms with Crippen LogP contribution in [0.4, 0.5) is 5.69 Å². The van der Waals surface area contributed by atoms with Crippen LogP contribution in [-0.2, 0) is 10.7 Å². The van der Waals surface area contributed by atoms with Gasteiger partial charge in [-0.25, -0.2) is 0 Å². The molecule has 15 heavy (non-hydrogen) atoms. The molecular formula is C12H14ClNO. The molecule has 80 valence electrons. The van der Waals surface area contributed by atoms with Crippen molar-refractivity contribution in [1.82, 2.24) is 0 Å². The van der Waals surface area contributed by atoms with Crippen LogP contribution in [0.15, 0.2) is 24.3 Å². The maximum atomic E-state index is 11.7.